The Kier molecular flexibility index (Phi) is 6.45. The molecule has 2 aromatic rings. The molecule has 4 heteroatoms. The number of hydrogen-bond acceptors (Lipinski definition) is 3. The van der Waals surface area contributed by atoms with Crippen molar-refractivity contribution in [2.75, 3.05) is 26.9 Å². The van der Waals surface area contributed by atoms with E-state index in [0.29, 0.717) is 19.8 Å². The fourth-order valence-electron chi connectivity index (χ4n) is 3.18. The highest BCUT2D eigenvalue weighted by Gasteiger charge is 2.34. The smallest absolute Gasteiger partial charge is 0.223 e. The second kappa shape index (κ2) is 9.20. The van der Waals surface area contributed by atoms with Gasteiger partial charge in [-0.2, -0.15) is 0 Å². The highest BCUT2D eigenvalue weighted by atomic mass is 16.5. The number of benzene rings is 2. The number of hydrogen-bond donors (Lipinski definition) is 1. The van der Waals surface area contributed by atoms with E-state index in [-0.39, 0.29) is 17.7 Å². The SMILES string of the molecule is COC/C=C\C[C@H]1C(=O)NC[C@@H]1COc1ccc(-c2ccccc2)cc1. The minimum absolute atomic E-state index is 0.0355. The summed E-state index contributed by atoms with van der Waals surface area (Å²) in [5, 5.41) is 2.94. The van der Waals surface area contributed by atoms with E-state index >= 15 is 0 Å². The molecule has 1 saturated heterocycles. The van der Waals surface area contributed by atoms with E-state index < -0.39 is 0 Å². The monoisotopic (exact) mass is 351 g/mol. The molecule has 0 spiro atoms. The molecular formula is C22H25NO3. The van der Waals surface area contributed by atoms with Crippen LogP contribution in [0.4, 0.5) is 0 Å². The summed E-state index contributed by atoms with van der Waals surface area (Å²) in [5.41, 5.74) is 2.35. The Bertz CT molecular complexity index is 725. The molecule has 1 aliphatic rings. The van der Waals surface area contributed by atoms with Gasteiger partial charge >= 0.3 is 0 Å². The summed E-state index contributed by atoms with van der Waals surface area (Å²) < 4.78 is 10.9. The number of amides is 1. The molecule has 0 radical (unpaired) electrons. The zero-order valence-corrected chi connectivity index (χ0v) is 15.1. The fourth-order valence-corrected chi connectivity index (χ4v) is 3.18. The molecule has 1 aliphatic heterocycles. The molecule has 0 aromatic heterocycles. The second-order valence-electron chi connectivity index (χ2n) is 6.48. The van der Waals surface area contributed by atoms with Crippen LogP contribution in [0, 0.1) is 11.8 Å². The predicted octanol–water partition coefficient (Wildman–Crippen LogP) is 3.69. The van der Waals surface area contributed by atoms with Crippen LogP contribution in [0.3, 0.4) is 0 Å². The largest absolute Gasteiger partial charge is 0.493 e. The van der Waals surface area contributed by atoms with Gasteiger partial charge < -0.3 is 14.8 Å². The summed E-state index contributed by atoms with van der Waals surface area (Å²) in [6.07, 6.45) is 4.68. The number of carbonyl (C=O) groups is 1. The van der Waals surface area contributed by atoms with Crippen LogP contribution in [-0.2, 0) is 9.53 Å². The third-order valence-electron chi connectivity index (χ3n) is 4.69. The fraction of sp³-hybridized carbons (Fsp3) is 0.318. The Labute approximate surface area is 154 Å². The minimum atomic E-state index is -0.0355. The molecule has 2 atom stereocenters. The lowest BCUT2D eigenvalue weighted by Crippen LogP contribution is -2.22. The molecule has 1 heterocycles. The Morgan fingerprint density at radius 2 is 1.77 bits per heavy atom. The first-order valence-electron chi connectivity index (χ1n) is 8.98. The van der Waals surface area contributed by atoms with Gasteiger partial charge in [0, 0.05) is 25.5 Å². The molecule has 1 N–H and O–H groups in total. The van der Waals surface area contributed by atoms with Crippen molar-refractivity contribution in [2.24, 2.45) is 11.8 Å². The maximum absolute atomic E-state index is 12.0. The Hall–Kier alpha value is -2.59. The molecule has 26 heavy (non-hydrogen) atoms. The van der Waals surface area contributed by atoms with Gasteiger partial charge in [0.05, 0.1) is 13.2 Å². The van der Waals surface area contributed by atoms with Crippen molar-refractivity contribution in [1.29, 1.82) is 0 Å². The van der Waals surface area contributed by atoms with Crippen LogP contribution >= 0.6 is 0 Å². The number of methoxy groups -OCH3 is 1. The van der Waals surface area contributed by atoms with Gasteiger partial charge in [0.2, 0.25) is 5.91 Å². The minimum Gasteiger partial charge on any atom is -0.493 e. The Morgan fingerprint density at radius 1 is 1.04 bits per heavy atom. The topological polar surface area (TPSA) is 47.6 Å². The number of ether oxygens (including phenoxy) is 2. The predicted molar refractivity (Wildman–Crippen MR) is 103 cm³/mol. The average Bonchev–Trinajstić information content (AvgIpc) is 3.04. The van der Waals surface area contributed by atoms with E-state index in [4.69, 9.17) is 9.47 Å². The summed E-state index contributed by atoms with van der Waals surface area (Å²) in [6.45, 7) is 1.78. The lowest BCUT2D eigenvalue weighted by molar-refractivity contribution is -0.123. The van der Waals surface area contributed by atoms with Crippen LogP contribution in [0.5, 0.6) is 5.75 Å². The Morgan fingerprint density at radius 3 is 2.50 bits per heavy atom. The normalized spacial score (nSPS) is 19.7. The van der Waals surface area contributed by atoms with Gasteiger partial charge in [-0.05, 0) is 29.7 Å². The van der Waals surface area contributed by atoms with E-state index in [0.717, 1.165) is 17.7 Å². The summed E-state index contributed by atoms with van der Waals surface area (Å²) in [6, 6.07) is 18.4. The quantitative estimate of drug-likeness (QED) is 0.738. The van der Waals surface area contributed by atoms with Crippen LogP contribution < -0.4 is 10.1 Å². The molecule has 0 unspecified atom stereocenters. The van der Waals surface area contributed by atoms with Gasteiger partial charge in [-0.15, -0.1) is 0 Å². The van der Waals surface area contributed by atoms with Crippen molar-refractivity contribution in [3.63, 3.8) is 0 Å². The van der Waals surface area contributed by atoms with Crippen LogP contribution in [-0.4, -0.2) is 32.8 Å². The van der Waals surface area contributed by atoms with E-state index in [9.17, 15) is 4.79 Å². The molecule has 0 bridgehead atoms. The number of nitrogens with one attached hydrogen (secondary N) is 1. The van der Waals surface area contributed by atoms with Gasteiger partial charge in [0.25, 0.3) is 0 Å². The molecule has 3 rings (SSSR count). The maximum atomic E-state index is 12.0. The third kappa shape index (κ3) is 4.73. The summed E-state index contributed by atoms with van der Waals surface area (Å²) in [5.74, 6) is 1.09. The third-order valence-corrected chi connectivity index (χ3v) is 4.69. The van der Waals surface area contributed by atoms with Crippen LogP contribution in [0.2, 0.25) is 0 Å². The molecule has 0 aliphatic carbocycles. The highest BCUT2D eigenvalue weighted by Crippen LogP contribution is 2.25. The van der Waals surface area contributed by atoms with Gasteiger partial charge in [-0.3, -0.25) is 4.79 Å². The van der Waals surface area contributed by atoms with Crippen LogP contribution in [0.15, 0.2) is 66.7 Å². The lowest BCUT2D eigenvalue weighted by Gasteiger charge is -2.16. The lowest BCUT2D eigenvalue weighted by atomic mass is 9.93. The summed E-state index contributed by atoms with van der Waals surface area (Å²) in [4.78, 5) is 12.0. The van der Waals surface area contributed by atoms with Crippen molar-refractivity contribution >= 4 is 5.91 Å². The molecule has 4 nitrogen and oxygen atoms in total. The molecule has 0 saturated carbocycles. The zero-order chi connectivity index (χ0) is 18.2. The summed E-state index contributed by atoms with van der Waals surface area (Å²) in [7, 11) is 1.66. The van der Waals surface area contributed by atoms with E-state index in [2.05, 4.69) is 29.6 Å². The van der Waals surface area contributed by atoms with Gasteiger partial charge in [-0.1, -0.05) is 54.6 Å². The molecular weight excluding hydrogens is 326 g/mol. The number of carbonyl (C=O) groups excluding carboxylic acids is 1. The first kappa shape index (κ1) is 18.2. The van der Waals surface area contributed by atoms with Crippen molar-refractivity contribution in [1.82, 2.24) is 5.32 Å². The van der Waals surface area contributed by atoms with E-state index in [1.807, 2.05) is 42.5 Å². The Balaban J connectivity index is 1.55. The van der Waals surface area contributed by atoms with Gasteiger partial charge in [-0.25, -0.2) is 0 Å². The first-order chi connectivity index (χ1) is 12.8. The highest BCUT2D eigenvalue weighted by molar-refractivity contribution is 5.81. The van der Waals surface area contributed by atoms with Crippen molar-refractivity contribution in [3.8, 4) is 16.9 Å². The first-order valence-corrected chi connectivity index (χ1v) is 8.98. The van der Waals surface area contributed by atoms with Crippen LogP contribution in [0.25, 0.3) is 11.1 Å². The van der Waals surface area contributed by atoms with Crippen molar-refractivity contribution in [3.05, 3.63) is 66.7 Å². The number of rotatable bonds is 8. The van der Waals surface area contributed by atoms with Gasteiger partial charge in [0.1, 0.15) is 5.75 Å². The molecule has 1 amide bonds. The van der Waals surface area contributed by atoms with E-state index in [1.165, 1.54) is 5.56 Å². The van der Waals surface area contributed by atoms with Crippen molar-refractivity contribution < 1.29 is 14.3 Å². The average molecular weight is 351 g/mol. The molecule has 1 fully saturated rings. The van der Waals surface area contributed by atoms with E-state index in [1.54, 1.807) is 7.11 Å². The maximum Gasteiger partial charge on any atom is 0.223 e. The van der Waals surface area contributed by atoms with Crippen LogP contribution in [0.1, 0.15) is 6.42 Å². The summed E-state index contributed by atoms with van der Waals surface area (Å²) >= 11 is 0. The number of allylic oxidation sites excluding steroid dienone is 1. The standard InChI is InChI=1S/C22H25NO3/c1-25-14-6-5-9-21-19(15-23-22(21)24)16-26-20-12-10-18(11-13-20)17-7-3-2-4-8-17/h2-8,10-13,19,21H,9,14-16H2,1H3,(H,23,24)/b6-5-/t19-,21-/m1/s1. The van der Waals surface area contributed by atoms with Crippen molar-refractivity contribution in [2.45, 2.75) is 6.42 Å². The zero-order valence-electron chi connectivity index (χ0n) is 15.1. The second-order valence-corrected chi connectivity index (χ2v) is 6.48. The molecule has 2 aromatic carbocycles. The van der Waals surface area contributed by atoms with Gasteiger partial charge in [0.15, 0.2) is 0 Å². The molecule has 136 valence electrons.